The van der Waals surface area contributed by atoms with Gasteiger partial charge in [-0.3, -0.25) is 0 Å². The van der Waals surface area contributed by atoms with Gasteiger partial charge in [0.2, 0.25) is 11.7 Å². The number of furan rings is 1. The third-order valence-electron chi connectivity index (χ3n) is 3.11. The van der Waals surface area contributed by atoms with Crippen LogP contribution in [0.2, 0.25) is 0 Å². The van der Waals surface area contributed by atoms with Gasteiger partial charge in [-0.25, -0.2) is 0 Å². The van der Waals surface area contributed by atoms with Crippen molar-refractivity contribution in [2.75, 3.05) is 13.7 Å². The normalized spacial score (nSPS) is 12.9. The Bertz CT molecular complexity index is 667. The molecule has 0 saturated heterocycles. The van der Waals surface area contributed by atoms with Crippen LogP contribution < -0.4 is 5.73 Å². The van der Waals surface area contributed by atoms with Gasteiger partial charge in [0.25, 0.3) is 0 Å². The lowest BCUT2D eigenvalue weighted by atomic mass is 10.2. The zero-order valence-electron chi connectivity index (χ0n) is 11.1. The number of fused-ring (bicyclic) bond motifs is 1. The SMILES string of the molecule is COC(CN)Cc1nc(-c2cc3ccccc3o2)no1. The molecule has 0 fully saturated rings. The van der Waals surface area contributed by atoms with Crippen LogP contribution in [-0.4, -0.2) is 29.9 Å². The number of hydrogen-bond donors (Lipinski definition) is 1. The van der Waals surface area contributed by atoms with Crippen LogP contribution in [0.1, 0.15) is 5.89 Å². The number of benzene rings is 1. The van der Waals surface area contributed by atoms with Crippen LogP contribution in [0.4, 0.5) is 0 Å². The van der Waals surface area contributed by atoms with Gasteiger partial charge in [0.15, 0.2) is 5.76 Å². The van der Waals surface area contributed by atoms with E-state index < -0.39 is 0 Å². The number of para-hydroxylation sites is 1. The zero-order chi connectivity index (χ0) is 13.9. The fraction of sp³-hybridized carbons (Fsp3) is 0.286. The summed E-state index contributed by atoms with van der Waals surface area (Å²) in [5, 5.41) is 4.93. The molecular weight excluding hydrogens is 258 g/mol. The number of methoxy groups -OCH3 is 1. The first kappa shape index (κ1) is 12.8. The average molecular weight is 273 g/mol. The summed E-state index contributed by atoms with van der Waals surface area (Å²) in [6.07, 6.45) is 0.360. The number of hydrogen-bond acceptors (Lipinski definition) is 6. The highest BCUT2D eigenvalue weighted by Crippen LogP contribution is 2.25. The molecule has 2 aromatic heterocycles. The minimum absolute atomic E-state index is 0.126. The van der Waals surface area contributed by atoms with E-state index in [9.17, 15) is 0 Å². The van der Waals surface area contributed by atoms with Crippen LogP contribution in [-0.2, 0) is 11.2 Å². The second kappa shape index (κ2) is 5.44. The van der Waals surface area contributed by atoms with Crippen LogP contribution in [0.5, 0.6) is 0 Å². The van der Waals surface area contributed by atoms with Gasteiger partial charge in [-0.05, 0) is 12.1 Å². The highest BCUT2D eigenvalue weighted by atomic mass is 16.5. The Kier molecular flexibility index (Phi) is 3.49. The van der Waals surface area contributed by atoms with Gasteiger partial charge in [-0.2, -0.15) is 4.98 Å². The lowest BCUT2D eigenvalue weighted by Gasteiger charge is -2.08. The van der Waals surface area contributed by atoms with Gasteiger partial charge >= 0.3 is 0 Å². The molecule has 0 aliphatic carbocycles. The maximum Gasteiger partial charge on any atom is 0.238 e. The lowest BCUT2D eigenvalue weighted by molar-refractivity contribution is 0.102. The Balaban J connectivity index is 1.85. The van der Waals surface area contributed by atoms with Gasteiger partial charge < -0.3 is 19.4 Å². The van der Waals surface area contributed by atoms with Gasteiger partial charge in [0.1, 0.15) is 5.58 Å². The molecule has 1 atom stereocenters. The van der Waals surface area contributed by atoms with Crippen molar-refractivity contribution in [3.05, 3.63) is 36.2 Å². The Labute approximate surface area is 115 Å². The van der Waals surface area contributed by atoms with Crippen molar-refractivity contribution >= 4 is 11.0 Å². The maximum absolute atomic E-state index is 5.68. The average Bonchev–Trinajstić information content (AvgIpc) is 3.10. The van der Waals surface area contributed by atoms with Crippen LogP contribution in [0.25, 0.3) is 22.6 Å². The summed E-state index contributed by atoms with van der Waals surface area (Å²) in [6, 6.07) is 9.63. The fourth-order valence-electron chi connectivity index (χ4n) is 1.99. The first-order valence-corrected chi connectivity index (χ1v) is 6.34. The van der Waals surface area contributed by atoms with E-state index in [0.29, 0.717) is 30.4 Å². The number of ether oxygens (including phenoxy) is 1. The van der Waals surface area contributed by atoms with E-state index in [0.717, 1.165) is 11.0 Å². The third kappa shape index (κ3) is 2.43. The van der Waals surface area contributed by atoms with E-state index in [4.69, 9.17) is 19.4 Å². The highest BCUT2D eigenvalue weighted by Gasteiger charge is 2.16. The Morgan fingerprint density at radius 2 is 2.20 bits per heavy atom. The summed E-state index contributed by atoms with van der Waals surface area (Å²) in [5.41, 5.74) is 6.36. The lowest BCUT2D eigenvalue weighted by Crippen LogP contribution is -2.24. The largest absolute Gasteiger partial charge is 0.453 e. The summed E-state index contributed by atoms with van der Waals surface area (Å²) in [5.74, 6) is 1.50. The van der Waals surface area contributed by atoms with Crippen molar-refractivity contribution in [2.45, 2.75) is 12.5 Å². The predicted molar refractivity (Wildman–Crippen MR) is 73.1 cm³/mol. The number of rotatable bonds is 5. The number of nitrogens with zero attached hydrogens (tertiary/aromatic N) is 2. The van der Waals surface area contributed by atoms with Gasteiger partial charge in [0.05, 0.1) is 12.5 Å². The molecule has 2 heterocycles. The number of aromatic nitrogens is 2. The summed E-state index contributed by atoms with van der Waals surface area (Å²) >= 11 is 0. The molecule has 0 aliphatic rings. The van der Waals surface area contributed by atoms with Gasteiger partial charge in [-0.15, -0.1) is 0 Å². The molecule has 0 spiro atoms. The zero-order valence-corrected chi connectivity index (χ0v) is 11.1. The molecule has 3 aromatic rings. The molecule has 6 nitrogen and oxygen atoms in total. The van der Waals surface area contributed by atoms with Crippen molar-refractivity contribution in [3.63, 3.8) is 0 Å². The molecule has 0 aliphatic heterocycles. The van der Waals surface area contributed by atoms with Gasteiger partial charge in [-0.1, -0.05) is 23.4 Å². The second-order valence-electron chi connectivity index (χ2n) is 4.46. The molecular formula is C14H15N3O3. The van der Waals surface area contributed by atoms with Gasteiger partial charge in [0, 0.05) is 19.0 Å². The van der Waals surface area contributed by atoms with E-state index in [2.05, 4.69) is 10.1 Å². The molecule has 104 valence electrons. The van der Waals surface area contributed by atoms with Crippen LogP contribution >= 0.6 is 0 Å². The molecule has 0 saturated carbocycles. The summed E-state index contributed by atoms with van der Waals surface area (Å²) in [7, 11) is 1.61. The smallest absolute Gasteiger partial charge is 0.238 e. The molecule has 0 amide bonds. The minimum atomic E-state index is -0.126. The third-order valence-corrected chi connectivity index (χ3v) is 3.11. The summed E-state index contributed by atoms with van der Waals surface area (Å²) in [4.78, 5) is 4.30. The van der Waals surface area contributed by atoms with Crippen molar-refractivity contribution in [1.29, 1.82) is 0 Å². The fourth-order valence-corrected chi connectivity index (χ4v) is 1.99. The minimum Gasteiger partial charge on any atom is -0.453 e. The molecule has 0 radical (unpaired) electrons. The molecule has 2 N–H and O–H groups in total. The molecule has 3 rings (SSSR count). The quantitative estimate of drug-likeness (QED) is 0.765. The number of nitrogens with two attached hydrogens (primary N) is 1. The molecule has 20 heavy (non-hydrogen) atoms. The summed E-state index contributed by atoms with van der Waals surface area (Å²) in [6.45, 7) is 0.402. The van der Waals surface area contributed by atoms with E-state index >= 15 is 0 Å². The van der Waals surface area contributed by atoms with Crippen molar-refractivity contribution < 1.29 is 13.7 Å². The van der Waals surface area contributed by atoms with Crippen molar-refractivity contribution in [3.8, 4) is 11.6 Å². The van der Waals surface area contributed by atoms with Crippen LogP contribution in [0, 0.1) is 0 Å². The standard InChI is InChI=1S/C14H15N3O3/c1-18-10(8-15)7-13-16-14(17-20-13)12-6-9-4-2-3-5-11(9)19-12/h2-6,10H,7-8,15H2,1H3. The predicted octanol–water partition coefficient (Wildman–Crippen LogP) is 2.00. The topological polar surface area (TPSA) is 87.3 Å². The molecule has 6 heteroatoms. The molecule has 1 unspecified atom stereocenters. The van der Waals surface area contributed by atoms with Crippen molar-refractivity contribution in [2.24, 2.45) is 5.73 Å². The van der Waals surface area contributed by atoms with Crippen molar-refractivity contribution in [1.82, 2.24) is 10.1 Å². The monoisotopic (exact) mass is 273 g/mol. The van der Waals surface area contributed by atoms with Crippen LogP contribution in [0.3, 0.4) is 0 Å². The maximum atomic E-state index is 5.68. The Morgan fingerprint density at radius 1 is 1.35 bits per heavy atom. The van der Waals surface area contributed by atoms with E-state index in [1.54, 1.807) is 7.11 Å². The Morgan fingerprint density at radius 3 is 2.95 bits per heavy atom. The van der Waals surface area contributed by atoms with E-state index in [-0.39, 0.29) is 6.10 Å². The second-order valence-corrected chi connectivity index (χ2v) is 4.46. The first-order chi connectivity index (χ1) is 9.80. The highest BCUT2D eigenvalue weighted by molar-refractivity contribution is 5.81. The first-order valence-electron chi connectivity index (χ1n) is 6.34. The van der Waals surface area contributed by atoms with E-state index in [1.165, 1.54) is 0 Å². The summed E-state index contributed by atoms with van der Waals surface area (Å²) < 4.78 is 16.1. The molecule has 1 aromatic carbocycles. The van der Waals surface area contributed by atoms with E-state index in [1.807, 2.05) is 30.3 Å². The Hall–Kier alpha value is -2.18. The molecule has 0 bridgehead atoms. The van der Waals surface area contributed by atoms with Crippen LogP contribution in [0.15, 0.2) is 39.3 Å².